The first kappa shape index (κ1) is 11.6. The summed E-state index contributed by atoms with van der Waals surface area (Å²) in [6.07, 6.45) is 0. The SMILES string of the molecule is CC(=O)COc1cc(Cl)c(Cl)cc1Cl. The van der Waals surface area contributed by atoms with Crippen LogP contribution in [0.5, 0.6) is 5.75 Å². The van der Waals surface area contributed by atoms with Crippen LogP contribution >= 0.6 is 34.8 Å². The van der Waals surface area contributed by atoms with Gasteiger partial charge in [0.1, 0.15) is 12.4 Å². The molecule has 0 heterocycles. The number of carbonyl (C=O) groups excluding carboxylic acids is 1. The van der Waals surface area contributed by atoms with Crippen LogP contribution < -0.4 is 4.74 Å². The van der Waals surface area contributed by atoms with E-state index in [1.54, 1.807) is 0 Å². The van der Waals surface area contributed by atoms with Crippen molar-refractivity contribution in [2.45, 2.75) is 6.92 Å². The average Bonchev–Trinajstić information content (AvgIpc) is 2.09. The molecule has 0 radical (unpaired) electrons. The Hall–Kier alpha value is -0.440. The third kappa shape index (κ3) is 3.05. The predicted molar refractivity (Wildman–Crippen MR) is 57.6 cm³/mol. The van der Waals surface area contributed by atoms with Gasteiger partial charge in [-0.3, -0.25) is 4.79 Å². The molecule has 0 saturated carbocycles. The Morgan fingerprint density at radius 3 is 2.36 bits per heavy atom. The van der Waals surface area contributed by atoms with Gasteiger partial charge < -0.3 is 4.74 Å². The molecule has 0 bridgehead atoms. The largest absolute Gasteiger partial charge is 0.484 e. The Kier molecular flexibility index (Phi) is 4.05. The van der Waals surface area contributed by atoms with Gasteiger partial charge in [-0.15, -0.1) is 0 Å². The number of ether oxygens (including phenoxy) is 1. The summed E-state index contributed by atoms with van der Waals surface area (Å²) in [5.74, 6) is 0.267. The Balaban J connectivity index is 2.87. The lowest BCUT2D eigenvalue weighted by Gasteiger charge is -2.07. The van der Waals surface area contributed by atoms with E-state index in [0.717, 1.165) is 0 Å². The molecule has 0 unspecified atom stereocenters. The number of hydrogen-bond acceptors (Lipinski definition) is 2. The third-order valence-electron chi connectivity index (χ3n) is 1.41. The van der Waals surface area contributed by atoms with Crippen molar-refractivity contribution in [2.75, 3.05) is 6.61 Å². The molecule has 2 nitrogen and oxygen atoms in total. The van der Waals surface area contributed by atoms with E-state index in [9.17, 15) is 4.79 Å². The number of carbonyl (C=O) groups is 1. The smallest absolute Gasteiger partial charge is 0.167 e. The quantitative estimate of drug-likeness (QED) is 0.769. The van der Waals surface area contributed by atoms with E-state index in [-0.39, 0.29) is 12.4 Å². The fourth-order valence-electron chi connectivity index (χ4n) is 0.794. The zero-order valence-electron chi connectivity index (χ0n) is 7.31. The van der Waals surface area contributed by atoms with Gasteiger partial charge in [0.05, 0.1) is 15.1 Å². The number of rotatable bonds is 3. The second-order valence-electron chi connectivity index (χ2n) is 2.69. The summed E-state index contributed by atoms with van der Waals surface area (Å²) in [5.41, 5.74) is 0. The number of ketones is 1. The fraction of sp³-hybridized carbons (Fsp3) is 0.222. The molecule has 76 valence electrons. The van der Waals surface area contributed by atoms with Crippen LogP contribution in [0.3, 0.4) is 0 Å². The van der Waals surface area contributed by atoms with E-state index in [0.29, 0.717) is 20.8 Å². The lowest BCUT2D eigenvalue weighted by Crippen LogP contribution is -2.06. The van der Waals surface area contributed by atoms with Gasteiger partial charge in [0, 0.05) is 6.07 Å². The Labute approximate surface area is 96.7 Å². The van der Waals surface area contributed by atoms with E-state index in [1.165, 1.54) is 19.1 Å². The molecule has 0 N–H and O–H groups in total. The molecule has 1 aromatic rings. The topological polar surface area (TPSA) is 26.3 Å². The molecule has 1 rings (SSSR count). The summed E-state index contributed by atoms with van der Waals surface area (Å²) in [6, 6.07) is 2.95. The molecule has 0 aliphatic carbocycles. The van der Waals surface area contributed by atoms with Crippen molar-refractivity contribution in [3.63, 3.8) is 0 Å². The maximum Gasteiger partial charge on any atom is 0.167 e. The molecule has 0 fully saturated rings. The molecule has 0 saturated heterocycles. The summed E-state index contributed by atoms with van der Waals surface area (Å²) in [5, 5.41) is 1.03. The summed E-state index contributed by atoms with van der Waals surface area (Å²) < 4.78 is 5.11. The first-order chi connectivity index (χ1) is 6.50. The van der Waals surface area contributed by atoms with Crippen LogP contribution in [0, 0.1) is 0 Å². The van der Waals surface area contributed by atoms with Crippen molar-refractivity contribution in [1.29, 1.82) is 0 Å². The summed E-state index contributed by atoms with van der Waals surface area (Å²) >= 11 is 17.3. The van der Waals surface area contributed by atoms with Crippen molar-refractivity contribution in [2.24, 2.45) is 0 Å². The van der Waals surface area contributed by atoms with Gasteiger partial charge in [-0.05, 0) is 13.0 Å². The fourth-order valence-corrected chi connectivity index (χ4v) is 1.39. The van der Waals surface area contributed by atoms with Crippen LogP contribution in [-0.2, 0) is 4.79 Å². The molecule has 14 heavy (non-hydrogen) atoms. The molecule has 0 atom stereocenters. The van der Waals surface area contributed by atoms with E-state index in [2.05, 4.69) is 0 Å². The summed E-state index contributed by atoms with van der Waals surface area (Å²) in [4.78, 5) is 10.7. The van der Waals surface area contributed by atoms with E-state index < -0.39 is 0 Å². The first-order valence-corrected chi connectivity index (χ1v) is 4.91. The van der Waals surface area contributed by atoms with Gasteiger partial charge in [0.15, 0.2) is 5.78 Å². The van der Waals surface area contributed by atoms with Crippen LogP contribution in [0.4, 0.5) is 0 Å². The molecule has 0 amide bonds. The van der Waals surface area contributed by atoms with Gasteiger partial charge in [-0.25, -0.2) is 0 Å². The van der Waals surface area contributed by atoms with Crippen LogP contribution in [0.2, 0.25) is 15.1 Å². The highest BCUT2D eigenvalue weighted by molar-refractivity contribution is 6.43. The third-order valence-corrected chi connectivity index (χ3v) is 2.42. The van der Waals surface area contributed by atoms with Crippen LogP contribution in [0.25, 0.3) is 0 Å². The highest BCUT2D eigenvalue weighted by atomic mass is 35.5. The summed E-state index contributed by atoms with van der Waals surface area (Å²) in [7, 11) is 0. The second-order valence-corrected chi connectivity index (χ2v) is 3.91. The minimum atomic E-state index is -0.0906. The average molecular weight is 254 g/mol. The molecule has 1 aromatic carbocycles. The van der Waals surface area contributed by atoms with Gasteiger partial charge in [0.25, 0.3) is 0 Å². The molecule has 0 spiro atoms. The zero-order chi connectivity index (χ0) is 10.7. The molecular weight excluding hydrogens is 246 g/mol. The van der Waals surface area contributed by atoms with Gasteiger partial charge in [-0.1, -0.05) is 34.8 Å². The van der Waals surface area contributed by atoms with Crippen molar-refractivity contribution in [3.8, 4) is 5.75 Å². The first-order valence-electron chi connectivity index (χ1n) is 3.77. The van der Waals surface area contributed by atoms with Gasteiger partial charge in [0.2, 0.25) is 0 Å². The van der Waals surface area contributed by atoms with E-state index >= 15 is 0 Å². The van der Waals surface area contributed by atoms with E-state index in [4.69, 9.17) is 39.5 Å². The van der Waals surface area contributed by atoms with Crippen LogP contribution in [0.15, 0.2) is 12.1 Å². The van der Waals surface area contributed by atoms with Crippen molar-refractivity contribution < 1.29 is 9.53 Å². The maximum absolute atomic E-state index is 10.7. The zero-order valence-corrected chi connectivity index (χ0v) is 9.58. The number of halogens is 3. The van der Waals surface area contributed by atoms with Gasteiger partial charge >= 0.3 is 0 Å². The molecular formula is C9H7Cl3O2. The predicted octanol–water partition coefficient (Wildman–Crippen LogP) is 3.61. The summed E-state index contributed by atoms with van der Waals surface area (Å²) in [6.45, 7) is 1.39. The van der Waals surface area contributed by atoms with Crippen molar-refractivity contribution >= 4 is 40.6 Å². The standard InChI is InChI=1S/C9H7Cl3O2/c1-5(13)4-14-9-3-7(11)6(10)2-8(9)12/h2-3H,4H2,1H3. The number of benzene rings is 1. The Morgan fingerprint density at radius 1 is 1.21 bits per heavy atom. The monoisotopic (exact) mass is 252 g/mol. The minimum absolute atomic E-state index is 0.0301. The number of hydrogen-bond donors (Lipinski definition) is 0. The number of Topliss-reactive ketones (excluding diaryl/α,β-unsaturated/α-hetero) is 1. The molecule has 0 aromatic heterocycles. The van der Waals surface area contributed by atoms with Crippen molar-refractivity contribution in [3.05, 3.63) is 27.2 Å². The maximum atomic E-state index is 10.7. The Morgan fingerprint density at radius 2 is 1.79 bits per heavy atom. The Bertz CT molecular complexity index is 363. The lowest BCUT2D eigenvalue weighted by atomic mass is 10.3. The minimum Gasteiger partial charge on any atom is -0.484 e. The molecule has 0 aliphatic rings. The highest BCUT2D eigenvalue weighted by Crippen LogP contribution is 2.33. The van der Waals surface area contributed by atoms with Gasteiger partial charge in [-0.2, -0.15) is 0 Å². The molecule has 5 heteroatoms. The van der Waals surface area contributed by atoms with E-state index in [1.807, 2.05) is 0 Å². The normalized spacial score (nSPS) is 10.0. The second kappa shape index (κ2) is 4.87. The van der Waals surface area contributed by atoms with Crippen LogP contribution in [0.1, 0.15) is 6.92 Å². The van der Waals surface area contributed by atoms with Crippen molar-refractivity contribution in [1.82, 2.24) is 0 Å². The lowest BCUT2D eigenvalue weighted by molar-refractivity contribution is -0.118. The van der Waals surface area contributed by atoms with Crippen LogP contribution in [-0.4, -0.2) is 12.4 Å². The molecule has 0 aliphatic heterocycles. The highest BCUT2D eigenvalue weighted by Gasteiger charge is 2.07.